The van der Waals surface area contributed by atoms with E-state index < -0.39 is 29.8 Å². The van der Waals surface area contributed by atoms with E-state index in [-0.39, 0.29) is 49.8 Å². The normalized spacial score (nSPS) is 21.1. The van der Waals surface area contributed by atoms with E-state index in [4.69, 9.17) is 5.73 Å². The maximum absolute atomic E-state index is 15.4. The quantitative estimate of drug-likeness (QED) is 0.436. The topological polar surface area (TPSA) is 133 Å². The van der Waals surface area contributed by atoms with Crippen molar-refractivity contribution in [1.82, 2.24) is 24.8 Å². The van der Waals surface area contributed by atoms with Crippen LogP contribution in [0.5, 0.6) is 0 Å². The van der Waals surface area contributed by atoms with Gasteiger partial charge in [0.15, 0.2) is 11.6 Å². The van der Waals surface area contributed by atoms with Gasteiger partial charge in [0.2, 0.25) is 17.5 Å². The molecule has 14 heteroatoms. The number of carbonyl (C=O) groups is 1. The third-order valence-corrected chi connectivity index (χ3v) is 6.06. The molecular formula is C21H26F4N8O2. The van der Waals surface area contributed by atoms with Crippen LogP contribution >= 0.6 is 0 Å². The highest BCUT2D eigenvalue weighted by atomic mass is 19.4. The minimum Gasteiger partial charge on any atom is -0.391 e. The molecule has 4 rings (SSSR count). The molecule has 0 spiro atoms. The fraction of sp³-hybridized carbons (Fsp3) is 0.571. The van der Waals surface area contributed by atoms with Crippen molar-refractivity contribution in [3.05, 3.63) is 35.9 Å². The molecule has 0 bridgehead atoms. The molecule has 1 saturated heterocycles. The number of aliphatic hydroxyl groups is 1. The standard InChI is InChI=1S/C21H26F4N8O2/c22-17-18(27-7-13-3-4-32(9-15(13)34)10-16(26)35)30-11-31-19(17)33(14-1-2-14)8-12-5-28-20(29-6-12)21(23,24)25/h5-6,11,13-15,34H,1-4,7-10H2,(H2,26,35)(H,27,30,31)/t13-,15-/m1/s1. The van der Waals surface area contributed by atoms with Crippen molar-refractivity contribution in [3.8, 4) is 0 Å². The lowest BCUT2D eigenvalue weighted by molar-refractivity contribution is -0.145. The first-order valence-corrected chi connectivity index (χ1v) is 11.2. The summed E-state index contributed by atoms with van der Waals surface area (Å²) in [6, 6.07) is -0.00838. The summed E-state index contributed by atoms with van der Waals surface area (Å²) in [4.78, 5) is 29.3. The molecule has 2 fully saturated rings. The summed E-state index contributed by atoms with van der Waals surface area (Å²) >= 11 is 0. The van der Waals surface area contributed by atoms with E-state index in [1.807, 2.05) is 0 Å². The second-order valence-corrected chi connectivity index (χ2v) is 8.83. The van der Waals surface area contributed by atoms with E-state index in [9.17, 15) is 23.1 Å². The lowest BCUT2D eigenvalue weighted by atomic mass is 9.93. The highest BCUT2D eigenvalue weighted by molar-refractivity contribution is 5.75. The van der Waals surface area contributed by atoms with Gasteiger partial charge in [-0.1, -0.05) is 0 Å². The van der Waals surface area contributed by atoms with Gasteiger partial charge < -0.3 is 21.1 Å². The Bertz CT molecular complexity index is 1030. The number of β-amino-alcohol motifs (C(OH)–C–C–N with tert-alkyl or cyclic N) is 1. The van der Waals surface area contributed by atoms with Gasteiger partial charge >= 0.3 is 6.18 Å². The van der Waals surface area contributed by atoms with E-state index in [0.29, 0.717) is 18.5 Å². The van der Waals surface area contributed by atoms with Gasteiger partial charge in [0.25, 0.3) is 0 Å². The van der Waals surface area contributed by atoms with Gasteiger partial charge in [0.05, 0.1) is 12.6 Å². The van der Waals surface area contributed by atoms with Crippen LogP contribution in [0.3, 0.4) is 0 Å². The summed E-state index contributed by atoms with van der Waals surface area (Å²) in [5, 5.41) is 13.3. The summed E-state index contributed by atoms with van der Waals surface area (Å²) in [6.07, 6.45) is 0.190. The van der Waals surface area contributed by atoms with Crippen molar-refractivity contribution in [2.75, 3.05) is 36.4 Å². The predicted molar refractivity (Wildman–Crippen MR) is 116 cm³/mol. The van der Waals surface area contributed by atoms with E-state index in [1.54, 1.807) is 9.80 Å². The summed E-state index contributed by atoms with van der Waals surface area (Å²) in [6.45, 7) is 1.29. The largest absolute Gasteiger partial charge is 0.451 e. The Balaban J connectivity index is 1.42. The zero-order chi connectivity index (χ0) is 25.2. The summed E-state index contributed by atoms with van der Waals surface area (Å²) < 4.78 is 53.6. The maximum atomic E-state index is 15.4. The molecule has 2 aromatic rings. The third kappa shape index (κ3) is 6.31. The Labute approximate surface area is 198 Å². The molecule has 0 unspecified atom stereocenters. The average Bonchev–Trinajstić information content (AvgIpc) is 3.63. The summed E-state index contributed by atoms with van der Waals surface area (Å²) in [5.74, 6) is -2.57. The molecule has 3 heterocycles. The number of rotatable bonds is 9. The number of aromatic nitrogens is 4. The molecule has 2 aromatic heterocycles. The van der Waals surface area contributed by atoms with Crippen molar-refractivity contribution >= 4 is 17.5 Å². The van der Waals surface area contributed by atoms with Crippen LogP contribution in [-0.2, 0) is 17.5 Å². The molecule has 1 aliphatic carbocycles. The maximum Gasteiger partial charge on any atom is 0.451 e. The second kappa shape index (κ2) is 10.2. The molecule has 1 amide bonds. The zero-order valence-corrected chi connectivity index (χ0v) is 18.7. The number of piperidine rings is 1. The third-order valence-electron chi connectivity index (χ3n) is 6.06. The predicted octanol–water partition coefficient (Wildman–Crippen LogP) is 1.17. The van der Waals surface area contributed by atoms with Gasteiger partial charge in [-0.25, -0.2) is 19.9 Å². The first-order valence-electron chi connectivity index (χ1n) is 11.2. The fourth-order valence-corrected chi connectivity index (χ4v) is 4.10. The van der Waals surface area contributed by atoms with Crippen LogP contribution in [0.2, 0.25) is 0 Å². The van der Waals surface area contributed by atoms with Crippen molar-refractivity contribution in [3.63, 3.8) is 0 Å². The molecule has 190 valence electrons. The average molecular weight is 498 g/mol. The van der Waals surface area contributed by atoms with Crippen LogP contribution in [0.1, 0.15) is 30.7 Å². The van der Waals surface area contributed by atoms with E-state index in [1.165, 1.54) is 6.33 Å². The van der Waals surface area contributed by atoms with E-state index in [2.05, 4.69) is 25.3 Å². The number of alkyl halides is 3. The molecule has 4 N–H and O–H groups in total. The number of hydrogen-bond acceptors (Lipinski definition) is 9. The SMILES string of the molecule is NC(=O)CN1CC[C@H](CNc2ncnc(N(Cc3cnc(C(F)(F)F)nc3)C3CC3)c2F)[C@H](O)C1. The number of halogens is 4. The number of nitrogens with two attached hydrogens (primary N) is 1. The number of primary amides is 1. The molecule has 35 heavy (non-hydrogen) atoms. The number of amides is 1. The Morgan fingerprint density at radius 2 is 1.91 bits per heavy atom. The number of aliphatic hydroxyl groups excluding tert-OH is 1. The van der Waals surface area contributed by atoms with Crippen LogP contribution < -0.4 is 16.0 Å². The van der Waals surface area contributed by atoms with Gasteiger partial charge in [-0.2, -0.15) is 17.6 Å². The smallest absolute Gasteiger partial charge is 0.391 e. The van der Waals surface area contributed by atoms with Gasteiger partial charge in [0.1, 0.15) is 6.33 Å². The molecule has 0 aromatic carbocycles. The van der Waals surface area contributed by atoms with Crippen LogP contribution in [-0.4, -0.2) is 74.2 Å². The van der Waals surface area contributed by atoms with Crippen LogP contribution in [0, 0.1) is 11.7 Å². The highest BCUT2D eigenvalue weighted by Gasteiger charge is 2.36. The number of hydrogen-bond donors (Lipinski definition) is 3. The minimum atomic E-state index is -4.64. The number of likely N-dealkylation sites (tertiary alicyclic amines) is 1. The summed E-state index contributed by atoms with van der Waals surface area (Å²) in [7, 11) is 0. The number of nitrogens with zero attached hydrogens (tertiary/aromatic N) is 6. The summed E-state index contributed by atoms with van der Waals surface area (Å²) in [5.41, 5.74) is 5.60. The van der Waals surface area contributed by atoms with E-state index in [0.717, 1.165) is 25.2 Å². The lowest BCUT2D eigenvalue weighted by Gasteiger charge is -2.35. The van der Waals surface area contributed by atoms with Gasteiger partial charge in [-0.05, 0) is 25.8 Å². The molecule has 0 radical (unpaired) electrons. The van der Waals surface area contributed by atoms with Gasteiger partial charge in [-0.15, -0.1) is 0 Å². The van der Waals surface area contributed by atoms with Crippen molar-refractivity contribution < 1.29 is 27.5 Å². The Kier molecular flexibility index (Phi) is 7.31. The Morgan fingerprint density at radius 1 is 1.20 bits per heavy atom. The molecule has 1 aliphatic heterocycles. The second-order valence-electron chi connectivity index (χ2n) is 8.83. The first kappa shape index (κ1) is 25.0. The number of nitrogens with one attached hydrogen (secondary N) is 1. The molecule has 2 atom stereocenters. The highest BCUT2D eigenvalue weighted by Crippen LogP contribution is 2.35. The Hall–Kier alpha value is -3.13. The van der Waals surface area contributed by atoms with Crippen LogP contribution in [0.15, 0.2) is 18.7 Å². The van der Waals surface area contributed by atoms with Crippen LogP contribution in [0.25, 0.3) is 0 Å². The molecule has 10 nitrogen and oxygen atoms in total. The minimum absolute atomic E-state index is 0.00838. The van der Waals surface area contributed by atoms with Crippen molar-refractivity contribution in [2.24, 2.45) is 11.7 Å². The monoisotopic (exact) mass is 498 g/mol. The van der Waals surface area contributed by atoms with Crippen molar-refractivity contribution in [1.29, 1.82) is 0 Å². The fourth-order valence-electron chi connectivity index (χ4n) is 4.10. The molecule has 1 saturated carbocycles. The lowest BCUT2D eigenvalue weighted by Crippen LogP contribution is -2.48. The van der Waals surface area contributed by atoms with Crippen molar-refractivity contribution in [2.45, 2.75) is 44.1 Å². The van der Waals surface area contributed by atoms with E-state index >= 15 is 4.39 Å². The number of carbonyl (C=O) groups excluding carboxylic acids is 1. The number of anilines is 2. The zero-order valence-electron chi connectivity index (χ0n) is 18.7. The first-order chi connectivity index (χ1) is 16.6. The van der Waals surface area contributed by atoms with Crippen LogP contribution in [0.4, 0.5) is 29.2 Å². The molecular weight excluding hydrogens is 472 g/mol. The van der Waals surface area contributed by atoms with Gasteiger partial charge in [-0.3, -0.25) is 9.69 Å². The van der Waals surface area contributed by atoms with Gasteiger partial charge in [0, 0.05) is 49.6 Å². The Morgan fingerprint density at radius 3 is 2.51 bits per heavy atom. The molecule has 2 aliphatic rings.